The van der Waals surface area contributed by atoms with Gasteiger partial charge >= 0.3 is 0 Å². The number of hydrogen-bond donors (Lipinski definition) is 0. The minimum atomic E-state index is -0.512. The summed E-state index contributed by atoms with van der Waals surface area (Å²) in [4.78, 5) is 10.7. The summed E-state index contributed by atoms with van der Waals surface area (Å²) in [5.41, 5.74) is 3.68. The van der Waals surface area contributed by atoms with Crippen LogP contribution in [0.4, 0.5) is 5.69 Å². The Bertz CT molecular complexity index is 1260. The third kappa shape index (κ3) is 3.78. The van der Waals surface area contributed by atoms with Crippen LogP contribution in [-0.2, 0) is 0 Å². The van der Waals surface area contributed by atoms with E-state index >= 15 is 0 Å². The van der Waals surface area contributed by atoms with E-state index in [-0.39, 0.29) is 11.7 Å². The molecule has 0 aliphatic carbocycles. The van der Waals surface area contributed by atoms with Crippen molar-refractivity contribution in [1.29, 1.82) is 0 Å². The van der Waals surface area contributed by atoms with Gasteiger partial charge in [-0.15, -0.1) is 0 Å². The Labute approximate surface area is 198 Å². The van der Waals surface area contributed by atoms with Crippen molar-refractivity contribution in [1.82, 2.24) is 5.01 Å². The number of methoxy groups -OCH3 is 2. The average Bonchev–Trinajstić information content (AvgIpc) is 3.29. The Hall–Kier alpha value is -3.59. The van der Waals surface area contributed by atoms with E-state index in [0.717, 1.165) is 32.6 Å². The molecule has 8 nitrogen and oxygen atoms in total. The van der Waals surface area contributed by atoms with Gasteiger partial charge in [-0.3, -0.25) is 10.1 Å². The monoisotopic (exact) mass is 509 g/mol. The van der Waals surface area contributed by atoms with Gasteiger partial charge in [-0.25, -0.2) is 5.01 Å². The van der Waals surface area contributed by atoms with E-state index in [9.17, 15) is 10.1 Å². The second kappa shape index (κ2) is 8.40. The first kappa shape index (κ1) is 21.3. The van der Waals surface area contributed by atoms with Crippen molar-refractivity contribution in [2.45, 2.75) is 18.7 Å². The summed E-state index contributed by atoms with van der Waals surface area (Å²) < 4.78 is 18.1. The summed E-state index contributed by atoms with van der Waals surface area (Å²) in [5.74, 6) is 2.05. The number of nitro groups is 1. The Morgan fingerprint density at radius 2 is 1.82 bits per heavy atom. The van der Waals surface area contributed by atoms with Crippen LogP contribution in [0.3, 0.4) is 0 Å². The molecule has 0 aromatic heterocycles. The lowest BCUT2D eigenvalue weighted by Crippen LogP contribution is -2.33. The van der Waals surface area contributed by atoms with Gasteiger partial charge in [-0.1, -0.05) is 15.9 Å². The molecule has 0 unspecified atom stereocenters. The smallest absolute Gasteiger partial charge is 0.269 e. The second-order valence-electron chi connectivity index (χ2n) is 7.72. The molecule has 3 aromatic carbocycles. The number of fused-ring (bicyclic) bond motifs is 3. The molecule has 3 aromatic rings. The quantitative estimate of drug-likeness (QED) is 0.327. The molecule has 0 fully saturated rings. The molecule has 0 saturated heterocycles. The predicted octanol–water partition coefficient (Wildman–Crippen LogP) is 5.62. The number of halogens is 1. The first-order valence-corrected chi connectivity index (χ1v) is 11.1. The number of hydrazone groups is 1. The number of benzene rings is 3. The van der Waals surface area contributed by atoms with Gasteiger partial charge in [-0.2, -0.15) is 5.10 Å². The topological polar surface area (TPSA) is 86.4 Å². The molecule has 0 radical (unpaired) electrons. The molecule has 2 heterocycles. The molecule has 0 amide bonds. The molecule has 2 aliphatic rings. The zero-order valence-electron chi connectivity index (χ0n) is 17.9. The first-order chi connectivity index (χ1) is 16.0. The fourth-order valence-corrected chi connectivity index (χ4v) is 4.61. The maximum atomic E-state index is 11.1. The minimum Gasteiger partial charge on any atom is -0.493 e. The highest BCUT2D eigenvalue weighted by atomic mass is 79.9. The highest BCUT2D eigenvalue weighted by molar-refractivity contribution is 9.10. The number of nitrogens with zero attached hydrogens (tertiary/aromatic N) is 3. The van der Waals surface area contributed by atoms with Gasteiger partial charge in [0.05, 0.1) is 30.9 Å². The fourth-order valence-electron chi connectivity index (χ4n) is 4.23. The number of nitro benzene ring substituents is 1. The van der Waals surface area contributed by atoms with Crippen LogP contribution < -0.4 is 14.2 Å². The van der Waals surface area contributed by atoms with Crippen LogP contribution in [0.15, 0.2) is 70.2 Å². The fraction of sp³-hybridized carbons (Fsp3) is 0.208. The van der Waals surface area contributed by atoms with Gasteiger partial charge in [0, 0.05) is 39.7 Å². The van der Waals surface area contributed by atoms with Crippen LogP contribution in [0.25, 0.3) is 0 Å². The van der Waals surface area contributed by atoms with Crippen LogP contribution in [-0.4, -0.2) is 29.9 Å². The molecule has 5 rings (SSSR count). The maximum absolute atomic E-state index is 11.1. The normalized spacial score (nSPS) is 18.6. The summed E-state index contributed by atoms with van der Waals surface area (Å²) in [6.45, 7) is 0. The first-order valence-electron chi connectivity index (χ1n) is 10.3. The van der Waals surface area contributed by atoms with Crippen molar-refractivity contribution in [3.63, 3.8) is 0 Å². The SMILES string of the molecule is COc1ccc(C2=NN3[C@@H](c4ccc([N+](=O)[O-])cc4)Oc4ccc(Br)cc4[C@@H]3C2)cc1OC. The van der Waals surface area contributed by atoms with E-state index in [4.69, 9.17) is 19.3 Å². The molecule has 9 heteroatoms. The van der Waals surface area contributed by atoms with Crippen molar-refractivity contribution in [2.24, 2.45) is 5.10 Å². The van der Waals surface area contributed by atoms with Crippen molar-refractivity contribution in [3.05, 3.63) is 91.9 Å². The lowest BCUT2D eigenvalue weighted by molar-refractivity contribution is -0.384. The lowest BCUT2D eigenvalue weighted by atomic mass is 9.95. The maximum Gasteiger partial charge on any atom is 0.269 e. The van der Waals surface area contributed by atoms with Crippen molar-refractivity contribution in [2.75, 3.05) is 14.2 Å². The Morgan fingerprint density at radius 1 is 1.06 bits per heavy atom. The molecule has 2 atom stereocenters. The van der Waals surface area contributed by atoms with Gasteiger partial charge in [0.15, 0.2) is 11.5 Å². The number of hydrogen-bond acceptors (Lipinski definition) is 7. The highest BCUT2D eigenvalue weighted by Crippen LogP contribution is 2.48. The van der Waals surface area contributed by atoms with Crippen molar-refractivity contribution >= 4 is 27.3 Å². The molecule has 0 saturated carbocycles. The summed E-state index contributed by atoms with van der Waals surface area (Å²) in [6, 6.07) is 18.0. The Balaban J connectivity index is 1.57. The third-order valence-corrected chi connectivity index (χ3v) is 6.35. The van der Waals surface area contributed by atoms with Crippen LogP contribution in [0, 0.1) is 10.1 Å². The molecule has 0 bridgehead atoms. The van der Waals surface area contributed by atoms with Gasteiger partial charge in [0.2, 0.25) is 6.23 Å². The van der Waals surface area contributed by atoms with Crippen molar-refractivity contribution < 1.29 is 19.1 Å². The highest BCUT2D eigenvalue weighted by Gasteiger charge is 2.41. The van der Waals surface area contributed by atoms with E-state index < -0.39 is 11.2 Å². The Kier molecular flexibility index (Phi) is 5.41. The molecule has 33 heavy (non-hydrogen) atoms. The van der Waals surface area contributed by atoms with Crippen LogP contribution in [0.5, 0.6) is 17.2 Å². The van der Waals surface area contributed by atoms with Crippen LogP contribution >= 0.6 is 15.9 Å². The summed E-state index contributed by atoms with van der Waals surface area (Å²) in [6.07, 6.45) is 0.160. The van der Waals surface area contributed by atoms with E-state index in [1.807, 2.05) is 41.4 Å². The van der Waals surface area contributed by atoms with E-state index in [0.29, 0.717) is 17.9 Å². The molecule has 0 N–H and O–H groups in total. The number of rotatable bonds is 5. The third-order valence-electron chi connectivity index (χ3n) is 5.86. The van der Waals surface area contributed by atoms with Gasteiger partial charge in [0.1, 0.15) is 5.75 Å². The lowest BCUT2D eigenvalue weighted by Gasteiger charge is -2.38. The molecule has 0 spiro atoms. The Morgan fingerprint density at radius 3 is 2.52 bits per heavy atom. The standard InChI is InChI=1S/C24H20BrN3O5/c1-31-22-9-5-15(11-23(22)32-2)19-13-20-18-12-16(25)6-10-21(18)33-24(27(20)26-19)14-3-7-17(8-4-14)28(29)30/h3-12,20,24H,13H2,1-2H3/t20-,24+/m0/s1. The number of non-ortho nitro benzene ring substituents is 1. The summed E-state index contributed by atoms with van der Waals surface area (Å²) >= 11 is 3.56. The zero-order chi connectivity index (χ0) is 23.1. The zero-order valence-corrected chi connectivity index (χ0v) is 19.5. The van der Waals surface area contributed by atoms with E-state index in [2.05, 4.69) is 15.9 Å². The minimum absolute atomic E-state index is 0.0337. The molecule has 2 aliphatic heterocycles. The molecule has 168 valence electrons. The van der Waals surface area contributed by atoms with Gasteiger partial charge < -0.3 is 14.2 Å². The van der Waals surface area contributed by atoms with Crippen LogP contribution in [0.2, 0.25) is 0 Å². The van der Waals surface area contributed by atoms with Gasteiger partial charge in [0.25, 0.3) is 5.69 Å². The molecular formula is C24H20BrN3O5. The van der Waals surface area contributed by atoms with E-state index in [1.165, 1.54) is 12.1 Å². The average molecular weight is 510 g/mol. The van der Waals surface area contributed by atoms with Gasteiger partial charge in [-0.05, 0) is 48.5 Å². The van der Waals surface area contributed by atoms with Crippen molar-refractivity contribution in [3.8, 4) is 17.2 Å². The summed E-state index contributed by atoms with van der Waals surface area (Å²) in [7, 11) is 3.21. The second-order valence-corrected chi connectivity index (χ2v) is 8.63. The summed E-state index contributed by atoms with van der Waals surface area (Å²) in [5, 5.41) is 17.9. The largest absolute Gasteiger partial charge is 0.493 e. The number of ether oxygens (including phenoxy) is 3. The van der Waals surface area contributed by atoms with Crippen LogP contribution in [0.1, 0.15) is 35.4 Å². The predicted molar refractivity (Wildman–Crippen MR) is 126 cm³/mol. The molecular weight excluding hydrogens is 490 g/mol. The van der Waals surface area contributed by atoms with E-state index in [1.54, 1.807) is 26.4 Å².